The zero-order valence-electron chi connectivity index (χ0n) is 7.26. The lowest BCUT2D eigenvalue weighted by molar-refractivity contribution is -0.0997. The summed E-state index contributed by atoms with van der Waals surface area (Å²) in [6, 6.07) is 0. The molecule has 0 aliphatic carbocycles. The number of rotatable bonds is 2. The predicted molar refractivity (Wildman–Crippen MR) is 43.3 cm³/mol. The molecule has 1 rings (SSSR count). The summed E-state index contributed by atoms with van der Waals surface area (Å²) < 4.78 is 5.40. The fourth-order valence-electron chi connectivity index (χ4n) is 1.58. The van der Waals surface area contributed by atoms with Gasteiger partial charge in [-0.25, -0.2) is 0 Å². The Hall–Kier alpha value is -0.120. The summed E-state index contributed by atoms with van der Waals surface area (Å²) in [5.41, 5.74) is 4.27. The summed E-state index contributed by atoms with van der Waals surface area (Å²) in [6.07, 6.45) is 1.33. The van der Waals surface area contributed by atoms with E-state index in [9.17, 15) is 5.11 Å². The van der Waals surface area contributed by atoms with Crippen LogP contribution in [0.1, 0.15) is 26.7 Å². The highest BCUT2D eigenvalue weighted by Crippen LogP contribution is 2.37. The Kier molecular flexibility index (Phi) is 2.23. The van der Waals surface area contributed by atoms with Crippen LogP contribution in [0.25, 0.3) is 0 Å². The molecule has 0 saturated carbocycles. The molecule has 1 heterocycles. The average molecular weight is 159 g/mol. The summed E-state index contributed by atoms with van der Waals surface area (Å²) in [5, 5.41) is 10.0. The Morgan fingerprint density at radius 2 is 2.18 bits per heavy atom. The monoisotopic (exact) mass is 159 g/mol. The van der Waals surface area contributed by atoms with Gasteiger partial charge in [-0.2, -0.15) is 0 Å². The molecule has 0 aromatic carbocycles. The second kappa shape index (κ2) is 2.73. The molecule has 0 aromatic heterocycles. The maximum atomic E-state index is 10.0. The topological polar surface area (TPSA) is 55.5 Å². The number of hydrogen-bond donors (Lipinski definition) is 2. The zero-order valence-corrected chi connectivity index (χ0v) is 7.26. The fourth-order valence-corrected chi connectivity index (χ4v) is 1.58. The highest BCUT2D eigenvalue weighted by Gasteiger charge is 2.48. The Morgan fingerprint density at radius 1 is 1.55 bits per heavy atom. The van der Waals surface area contributed by atoms with Gasteiger partial charge in [0.2, 0.25) is 0 Å². The van der Waals surface area contributed by atoms with E-state index in [2.05, 4.69) is 0 Å². The lowest BCUT2D eigenvalue weighted by Gasteiger charge is -2.34. The zero-order chi connectivity index (χ0) is 8.54. The van der Waals surface area contributed by atoms with Crippen LogP contribution in [0.2, 0.25) is 0 Å². The second-order valence-corrected chi connectivity index (χ2v) is 3.68. The van der Waals surface area contributed by atoms with Gasteiger partial charge in [-0.05, 0) is 26.8 Å². The fraction of sp³-hybridized carbons (Fsp3) is 1.00. The third kappa shape index (κ3) is 1.41. The molecular weight excluding hydrogens is 142 g/mol. The van der Waals surface area contributed by atoms with Gasteiger partial charge in [-0.1, -0.05) is 0 Å². The van der Waals surface area contributed by atoms with Gasteiger partial charge < -0.3 is 15.6 Å². The molecule has 0 aromatic rings. The van der Waals surface area contributed by atoms with Crippen LogP contribution in [0, 0.1) is 0 Å². The maximum Gasteiger partial charge on any atom is 0.0964 e. The van der Waals surface area contributed by atoms with Crippen LogP contribution < -0.4 is 5.73 Å². The Balaban J connectivity index is 2.68. The summed E-state index contributed by atoms with van der Waals surface area (Å²) in [7, 11) is 0. The van der Waals surface area contributed by atoms with Crippen LogP contribution in [0.4, 0.5) is 0 Å². The minimum absolute atomic E-state index is 0.424. The van der Waals surface area contributed by atoms with Crippen LogP contribution in [0.3, 0.4) is 0 Å². The molecule has 1 saturated heterocycles. The molecule has 0 amide bonds. The van der Waals surface area contributed by atoms with Gasteiger partial charge >= 0.3 is 0 Å². The molecule has 1 atom stereocenters. The van der Waals surface area contributed by atoms with Gasteiger partial charge in [0.1, 0.15) is 0 Å². The van der Waals surface area contributed by atoms with E-state index >= 15 is 0 Å². The van der Waals surface area contributed by atoms with Crippen molar-refractivity contribution in [2.24, 2.45) is 5.73 Å². The van der Waals surface area contributed by atoms with Gasteiger partial charge in [0, 0.05) is 6.42 Å². The van der Waals surface area contributed by atoms with Gasteiger partial charge in [-0.3, -0.25) is 0 Å². The van der Waals surface area contributed by atoms with E-state index in [1.165, 1.54) is 0 Å². The van der Waals surface area contributed by atoms with Crippen molar-refractivity contribution in [2.45, 2.75) is 37.9 Å². The van der Waals surface area contributed by atoms with Crippen LogP contribution in [-0.2, 0) is 4.74 Å². The molecule has 3 N–H and O–H groups in total. The third-order valence-corrected chi connectivity index (χ3v) is 2.66. The third-order valence-electron chi connectivity index (χ3n) is 2.66. The standard InChI is InChI=1S/C8H17NO2/c1-7(2)8(10,3-5-9)4-6-11-7/h10H,3-6,9H2,1-2H3. The van der Waals surface area contributed by atoms with Gasteiger partial charge in [0.15, 0.2) is 0 Å². The van der Waals surface area contributed by atoms with E-state index in [0.717, 1.165) is 0 Å². The quantitative estimate of drug-likeness (QED) is 0.608. The molecule has 11 heavy (non-hydrogen) atoms. The van der Waals surface area contributed by atoms with Crippen molar-refractivity contribution in [1.82, 2.24) is 0 Å². The molecule has 3 heteroatoms. The minimum atomic E-state index is -0.707. The molecule has 1 unspecified atom stereocenters. The summed E-state index contributed by atoms with van der Waals surface area (Å²) >= 11 is 0. The second-order valence-electron chi connectivity index (χ2n) is 3.68. The smallest absolute Gasteiger partial charge is 0.0964 e. The van der Waals surface area contributed by atoms with Gasteiger partial charge in [-0.15, -0.1) is 0 Å². The first-order valence-corrected chi connectivity index (χ1v) is 4.08. The minimum Gasteiger partial charge on any atom is -0.387 e. The Labute approximate surface area is 67.5 Å². The molecule has 0 bridgehead atoms. The van der Waals surface area contributed by atoms with Crippen LogP contribution in [0.15, 0.2) is 0 Å². The molecule has 1 aliphatic rings. The van der Waals surface area contributed by atoms with E-state index in [1.807, 2.05) is 13.8 Å². The summed E-state index contributed by atoms with van der Waals surface area (Å²) in [6.45, 7) is 4.98. The molecule has 3 nitrogen and oxygen atoms in total. The highest BCUT2D eigenvalue weighted by atomic mass is 16.5. The SMILES string of the molecule is CC1(C)OCCC1(O)CCN. The molecule has 0 radical (unpaired) electrons. The van der Waals surface area contributed by atoms with Crippen molar-refractivity contribution in [3.63, 3.8) is 0 Å². The van der Waals surface area contributed by atoms with Gasteiger partial charge in [0.25, 0.3) is 0 Å². The number of aliphatic hydroxyl groups is 1. The normalized spacial score (nSPS) is 36.0. The van der Waals surface area contributed by atoms with E-state index < -0.39 is 11.2 Å². The van der Waals surface area contributed by atoms with E-state index in [1.54, 1.807) is 0 Å². The molecular formula is C8H17NO2. The van der Waals surface area contributed by atoms with Crippen molar-refractivity contribution in [3.8, 4) is 0 Å². The van der Waals surface area contributed by atoms with Gasteiger partial charge in [0.05, 0.1) is 17.8 Å². The number of hydrogen-bond acceptors (Lipinski definition) is 3. The highest BCUT2D eigenvalue weighted by molar-refractivity contribution is 4.99. The van der Waals surface area contributed by atoms with Crippen LogP contribution in [0.5, 0.6) is 0 Å². The lowest BCUT2D eigenvalue weighted by Crippen LogP contribution is -2.47. The van der Waals surface area contributed by atoms with Crippen molar-refractivity contribution in [1.29, 1.82) is 0 Å². The number of nitrogens with two attached hydrogens (primary N) is 1. The first-order chi connectivity index (χ1) is 5.02. The number of ether oxygens (including phenoxy) is 1. The molecule has 1 aliphatic heterocycles. The predicted octanol–water partition coefficient (Wildman–Crippen LogP) is 0.265. The molecule has 1 fully saturated rings. The van der Waals surface area contributed by atoms with E-state index in [-0.39, 0.29) is 0 Å². The first kappa shape index (κ1) is 8.97. The molecule has 66 valence electrons. The van der Waals surface area contributed by atoms with Crippen molar-refractivity contribution >= 4 is 0 Å². The van der Waals surface area contributed by atoms with E-state index in [0.29, 0.717) is 26.0 Å². The molecule has 0 spiro atoms. The lowest BCUT2D eigenvalue weighted by atomic mass is 9.83. The van der Waals surface area contributed by atoms with Crippen LogP contribution in [-0.4, -0.2) is 29.5 Å². The maximum absolute atomic E-state index is 10.0. The summed E-state index contributed by atoms with van der Waals surface area (Å²) in [5.74, 6) is 0. The Bertz CT molecular complexity index is 147. The van der Waals surface area contributed by atoms with E-state index in [4.69, 9.17) is 10.5 Å². The van der Waals surface area contributed by atoms with Crippen molar-refractivity contribution in [2.75, 3.05) is 13.2 Å². The Morgan fingerprint density at radius 3 is 2.55 bits per heavy atom. The largest absolute Gasteiger partial charge is 0.387 e. The summed E-state index contributed by atoms with van der Waals surface area (Å²) in [4.78, 5) is 0. The van der Waals surface area contributed by atoms with Crippen LogP contribution >= 0.6 is 0 Å². The van der Waals surface area contributed by atoms with Crippen molar-refractivity contribution in [3.05, 3.63) is 0 Å². The average Bonchev–Trinajstić information content (AvgIpc) is 2.09. The first-order valence-electron chi connectivity index (χ1n) is 4.08. The van der Waals surface area contributed by atoms with Crippen molar-refractivity contribution < 1.29 is 9.84 Å².